The van der Waals surface area contributed by atoms with Gasteiger partial charge in [-0.3, -0.25) is 13.9 Å². The Kier molecular flexibility index (Phi) is 5.01. The largest absolute Gasteiger partial charge is 0.506 e. The third-order valence-corrected chi connectivity index (χ3v) is 6.80. The van der Waals surface area contributed by atoms with Crippen LogP contribution in [-0.2, 0) is 0 Å². The van der Waals surface area contributed by atoms with Gasteiger partial charge in [-0.1, -0.05) is 59.3 Å². The quantitative estimate of drug-likeness (QED) is 0.328. The molecule has 0 saturated carbocycles. The zero-order chi connectivity index (χ0) is 23.2. The molecule has 1 aliphatic rings. The van der Waals surface area contributed by atoms with Crippen LogP contribution in [0.25, 0.3) is 10.9 Å². The van der Waals surface area contributed by atoms with Crippen molar-refractivity contribution in [1.82, 2.24) is 4.68 Å². The number of nitrogens with one attached hydrogen (secondary N) is 1. The van der Waals surface area contributed by atoms with E-state index in [1.807, 2.05) is 31.2 Å². The molecule has 8 nitrogen and oxygen atoms in total. The van der Waals surface area contributed by atoms with Gasteiger partial charge in [-0.05, 0) is 42.3 Å². The molecule has 0 fully saturated rings. The summed E-state index contributed by atoms with van der Waals surface area (Å²) in [6.45, 7) is 1.94. The zero-order valence-corrected chi connectivity index (χ0v) is 18.3. The van der Waals surface area contributed by atoms with Gasteiger partial charge >= 0.3 is 0 Å². The SMILES string of the molecule is Cc1ccccc1C=Nn1c(=O)c(C2=NS(O)(O)c3ccccc3N2)c(O)c2ccccc21. The molecule has 5 rings (SSSR count). The molecule has 0 spiro atoms. The highest BCUT2D eigenvalue weighted by atomic mass is 32.3. The lowest BCUT2D eigenvalue weighted by atomic mass is 10.1. The lowest BCUT2D eigenvalue weighted by Crippen LogP contribution is -2.31. The van der Waals surface area contributed by atoms with E-state index in [0.29, 0.717) is 16.6 Å². The normalized spacial score (nSPS) is 15.7. The maximum Gasteiger partial charge on any atom is 0.286 e. The molecule has 0 atom stereocenters. The van der Waals surface area contributed by atoms with E-state index >= 15 is 0 Å². The van der Waals surface area contributed by atoms with Crippen molar-refractivity contribution < 1.29 is 14.2 Å². The number of amidine groups is 1. The number of aromatic hydroxyl groups is 1. The average molecular weight is 461 g/mol. The summed E-state index contributed by atoms with van der Waals surface area (Å²) in [6, 6.07) is 21.0. The van der Waals surface area contributed by atoms with Crippen molar-refractivity contribution in [2.75, 3.05) is 5.32 Å². The van der Waals surface area contributed by atoms with Crippen LogP contribution in [0.4, 0.5) is 5.69 Å². The maximum atomic E-state index is 13.5. The average Bonchev–Trinajstić information content (AvgIpc) is 2.80. The van der Waals surface area contributed by atoms with E-state index in [2.05, 4.69) is 14.8 Å². The third-order valence-electron chi connectivity index (χ3n) is 5.42. The Balaban J connectivity index is 1.74. The maximum absolute atomic E-state index is 13.5. The molecule has 0 bridgehead atoms. The van der Waals surface area contributed by atoms with E-state index in [1.54, 1.807) is 54.7 Å². The Bertz CT molecular complexity index is 1520. The minimum absolute atomic E-state index is 0.137. The van der Waals surface area contributed by atoms with Crippen LogP contribution in [-0.4, -0.2) is 30.9 Å². The van der Waals surface area contributed by atoms with E-state index in [4.69, 9.17) is 0 Å². The van der Waals surface area contributed by atoms with Gasteiger partial charge in [0, 0.05) is 5.39 Å². The number of aryl methyl sites for hydroxylation is 1. The van der Waals surface area contributed by atoms with Gasteiger partial charge in [-0.2, -0.15) is 9.78 Å². The van der Waals surface area contributed by atoms with Gasteiger partial charge in [-0.25, -0.2) is 0 Å². The van der Waals surface area contributed by atoms with Crippen molar-refractivity contribution >= 4 is 39.4 Å². The van der Waals surface area contributed by atoms with Gasteiger partial charge in [0.15, 0.2) is 5.84 Å². The monoisotopic (exact) mass is 460 g/mol. The summed E-state index contributed by atoms with van der Waals surface area (Å²) in [7, 11) is -3.57. The Morgan fingerprint density at radius 1 is 1.00 bits per heavy atom. The highest BCUT2D eigenvalue weighted by Gasteiger charge is 2.30. The standard InChI is InChI=1S/C24H20N4O4S/c1-15-8-2-3-9-16(15)14-25-28-19-12-6-4-10-17(19)22(29)21(24(28)30)23-26-18-11-5-7-13-20(18)33(31,32)27-23/h2-14,29,31-32H,1H3,(H,26,27). The third kappa shape index (κ3) is 3.58. The molecule has 166 valence electrons. The van der Waals surface area contributed by atoms with Crippen molar-refractivity contribution in [3.05, 3.63) is 99.8 Å². The molecule has 4 aromatic rings. The number of para-hydroxylation sites is 2. The van der Waals surface area contributed by atoms with E-state index in [9.17, 15) is 19.0 Å². The molecule has 4 N–H and O–H groups in total. The van der Waals surface area contributed by atoms with E-state index in [-0.39, 0.29) is 22.0 Å². The number of pyridine rings is 1. The molecule has 3 aromatic carbocycles. The molecule has 1 aromatic heterocycles. The summed E-state index contributed by atoms with van der Waals surface area (Å²) >= 11 is 0. The molecule has 33 heavy (non-hydrogen) atoms. The van der Waals surface area contributed by atoms with Crippen molar-refractivity contribution in [1.29, 1.82) is 0 Å². The molecule has 0 amide bonds. The first kappa shape index (κ1) is 21.0. The molecule has 1 aliphatic heterocycles. The van der Waals surface area contributed by atoms with Crippen LogP contribution < -0.4 is 10.9 Å². The molecular weight excluding hydrogens is 440 g/mol. The van der Waals surface area contributed by atoms with Gasteiger partial charge in [0.05, 0.1) is 17.4 Å². The second kappa shape index (κ2) is 7.89. The lowest BCUT2D eigenvalue weighted by molar-refractivity contribution is 0.478. The Morgan fingerprint density at radius 3 is 2.52 bits per heavy atom. The lowest BCUT2D eigenvalue weighted by Gasteiger charge is -2.34. The first-order chi connectivity index (χ1) is 15.9. The number of fused-ring (bicyclic) bond motifs is 2. The summed E-state index contributed by atoms with van der Waals surface area (Å²) < 4.78 is 26.4. The summed E-state index contributed by atoms with van der Waals surface area (Å²) in [4.78, 5) is 13.8. The fourth-order valence-electron chi connectivity index (χ4n) is 3.73. The van der Waals surface area contributed by atoms with Crippen LogP contribution in [0.3, 0.4) is 0 Å². The molecule has 0 radical (unpaired) electrons. The molecule has 0 aliphatic carbocycles. The van der Waals surface area contributed by atoms with Crippen LogP contribution in [0, 0.1) is 6.92 Å². The molecule has 2 heterocycles. The van der Waals surface area contributed by atoms with Gasteiger partial charge < -0.3 is 10.4 Å². The number of hydrogen-bond acceptors (Lipinski definition) is 7. The topological polar surface area (TPSA) is 119 Å². The van der Waals surface area contributed by atoms with Crippen LogP contribution in [0.15, 0.2) is 92.0 Å². The number of benzene rings is 3. The summed E-state index contributed by atoms with van der Waals surface area (Å²) in [5, 5.41) is 18.7. The molecule has 0 unspecified atom stereocenters. The van der Waals surface area contributed by atoms with Crippen molar-refractivity contribution in [3.8, 4) is 5.75 Å². The first-order valence-corrected chi connectivity index (χ1v) is 11.6. The molecule has 9 heteroatoms. The smallest absolute Gasteiger partial charge is 0.286 e. The minimum atomic E-state index is -3.57. The number of aromatic nitrogens is 1. The van der Waals surface area contributed by atoms with Crippen LogP contribution >= 0.6 is 10.8 Å². The Labute approximate surface area is 190 Å². The van der Waals surface area contributed by atoms with Gasteiger partial charge in [0.25, 0.3) is 5.56 Å². The van der Waals surface area contributed by atoms with E-state index in [1.165, 1.54) is 4.68 Å². The molecule has 0 saturated heterocycles. The summed E-state index contributed by atoms with van der Waals surface area (Å²) in [5.74, 6) is -0.458. The number of rotatable bonds is 3. The Morgan fingerprint density at radius 2 is 1.70 bits per heavy atom. The second-order valence-corrected chi connectivity index (χ2v) is 9.20. The highest BCUT2D eigenvalue weighted by Crippen LogP contribution is 2.55. The number of nitrogens with zero attached hydrogens (tertiary/aromatic N) is 3. The number of hydrogen-bond donors (Lipinski definition) is 4. The zero-order valence-electron chi connectivity index (χ0n) is 17.5. The van der Waals surface area contributed by atoms with Crippen molar-refractivity contribution in [2.24, 2.45) is 9.50 Å². The fourth-order valence-corrected chi connectivity index (χ4v) is 4.90. The van der Waals surface area contributed by atoms with Crippen molar-refractivity contribution in [2.45, 2.75) is 11.8 Å². The second-order valence-electron chi connectivity index (χ2n) is 7.54. The fraction of sp³-hybridized carbons (Fsp3) is 0.0417. The van der Waals surface area contributed by atoms with E-state index < -0.39 is 16.3 Å². The van der Waals surface area contributed by atoms with Gasteiger partial charge in [0.1, 0.15) is 16.2 Å². The van der Waals surface area contributed by atoms with Crippen LogP contribution in [0.5, 0.6) is 5.75 Å². The predicted octanol–water partition coefficient (Wildman–Crippen LogP) is 4.79. The predicted molar refractivity (Wildman–Crippen MR) is 132 cm³/mol. The van der Waals surface area contributed by atoms with Gasteiger partial charge in [0.2, 0.25) is 0 Å². The van der Waals surface area contributed by atoms with Gasteiger partial charge in [-0.15, -0.1) is 4.40 Å². The Hall–Kier alpha value is -3.92. The van der Waals surface area contributed by atoms with Crippen LogP contribution in [0.1, 0.15) is 16.7 Å². The summed E-state index contributed by atoms with van der Waals surface area (Å²) in [6.07, 6.45) is 1.57. The highest BCUT2D eigenvalue weighted by molar-refractivity contribution is 8.23. The van der Waals surface area contributed by atoms with E-state index in [0.717, 1.165) is 11.1 Å². The number of anilines is 1. The summed E-state index contributed by atoms with van der Waals surface area (Å²) in [5.41, 5.74) is 1.75. The minimum Gasteiger partial charge on any atom is -0.506 e. The first-order valence-electron chi connectivity index (χ1n) is 10.1. The van der Waals surface area contributed by atoms with Crippen LogP contribution in [0.2, 0.25) is 0 Å². The van der Waals surface area contributed by atoms with Crippen molar-refractivity contribution in [3.63, 3.8) is 0 Å². The molecular formula is C24H20N4O4S.